The molecule has 86 valence electrons. The maximum Gasteiger partial charge on any atom is 0.0991 e. The van der Waals surface area contributed by atoms with E-state index in [1.807, 2.05) is 43.5 Å². The molecule has 1 aromatic heterocycles. The third-order valence-corrected chi connectivity index (χ3v) is 2.75. The highest BCUT2D eigenvalue weighted by Crippen LogP contribution is 2.12. The molecule has 0 saturated carbocycles. The lowest BCUT2D eigenvalue weighted by atomic mass is 10.1. The third-order valence-electron chi connectivity index (χ3n) is 2.75. The predicted molar refractivity (Wildman–Crippen MR) is 67.3 cm³/mol. The van der Waals surface area contributed by atoms with Crippen LogP contribution in [0, 0.1) is 11.3 Å². The predicted octanol–water partition coefficient (Wildman–Crippen LogP) is 2.43. The minimum Gasteiger partial charge on any atom is -0.350 e. The Labute approximate surface area is 101 Å². The molecule has 2 aromatic rings. The van der Waals surface area contributed by atoms with Crippen LogP contribution in [0.5, 0.6) is 0 Å². The fourth-order valence-corrected chi connectivity index (χ4v) is 1.72. The molecule has 3 heteroatoms. The van der Waals surface area contributed by atoms with Crippen LogP contribution < -0.4 is 5.73 Å². The first-order valence-corrected chi connectivity index (χ1v) is 5.59. The quantitative estimate of drug-likeness (QED) is 0.872. The molecule has 0 amide bonds. The summed E-state index contributed by atoms with van der Waals surface area (Å²) in [6, 6.07) is 11.8. The molecule has 17 heavy (non-hydrogen) atoms. The SMILES string of the molecule is CC(N)c1ccn(Cc2ccc(C#N)cc2)c1. The van der Waals surface area contributed by atoms with Crippen molar-refractivity contribution in [2.45, 2.75) is 19.5 Å². The van der Waals surface area contributed by atoms with Gasteiger partial charge >= 0.3 is 0 Å². The number of benzene rings is 1. The molecule has 0 fully saturated rings. The normalized spacial score (nSPS) is 12.1. The lowest BCUT2D eigenvalue weighted by molar-refractivity contribution is 0.777. The maximum absolute atomic E-state index is 8.71. The number of hydrogen-bond donors (Lipinski definition) is 1. The van der Waals surface area contributed by atoms with Crippen LogP contribution in [0.15, 0.2) is 42.7 Å². The van der Waals surface area contributed by atoms with Gasteiger partial charge in [0.25, 0.3) is 0 Å². The summed E-state index contributed by atoms with van der Waals surface area (Å²) in [5.74, 6) is 0. The number of nitriles is 1. The first-order chi connectivity index (χ1) is 8.19. The summed E-state index contributed by atoms with van der Waals surface area (Å²) < 4.78 is 2.10. The molecule has 0 aliphatic heterocycles. The summed E-state index contributed by atoms with van der Waals surface area (Å²) in [5.41, 5.74) is 8.82. The molecule has 1 aromatic carbocycles. The number of hydrogen-bond acceptors (Lipinski definition) is 2. The topological polar surface area (TPSA) is 54.7 Å². The lowest BCUT2D eigenvalue weighted by Gasteiger charge is -2.04. The Morgan fingerprint density at radius 1 is 1.29 bits per heavy atom. The van der Waals surface area contributed by atoms with E-state index in [-0.39, 0.29) is 6.04 Å². The lowest BCUT2D eigenvalue weighted by Crippen LogP contribution is -2.03. The highest BCUT2D eigenvalue weighted by molar-refractivity contribution is 5.31. The molecule has 0 saturated heterocycles. The van der Waals surface area contributed by atoms with Gasteiger partial charge in [0.15, 0.2) is 0 Å². The summed E-state index contributed by atoms with van der Waals surface area (Å²) in [4.78, 5) is 0. The van der Waals surface area contributed by atoms with Crippen LogP contribution in [-0.4, -0.2) is 4.57 Å². The maximum atomic E-state index is 8.71. The second-order valence-corrected chi connectivity index (χ2v) is 4.21. The monoisotopic (exact) mass is 225 g/mol. The Hall–Kier alpha value is -2.05. The van der Waals surface area contributed by atoms with Crippen LogP contribution in [0.1, 0.15) is 29.7 Å². The minimum atomic E-state index is 0.0669. The van der Waals surface area contributed by atoms with Gasteiger partial charge in [0.1, 0.15) is 0 Å². The molecule has 1 atom stereocenters. The second-order valence-electron chi connectivity index (χ2n) is 4.21. The zero-order valence-corrected chi connectivity index (χ0v) is 9.80. The first kappa shape index (κ1) is 11.4. The Bertz CT molecular complexity index is 529. The van der Waals surface area contributed by atoms with Gasteiger partial charge in [-0.05, 0) is 36.2 Å². The van der Waals surface area contributed by atoms with E-state index in [0.717, 1.165) is 12.1 Å². The van der Waals surface area contributed by atoms with E-state index < -0.39 is 0 Å². The molecule has 1 heterocycles. The van der Waals surface area contributed by atoms with Crippen molar-refractivity contribution < 1.29 is 0 Å². The summed E-state index contributed by atoms with van der Waals surface area (Å²) >= 11 is 0. The Kier molecular flexibility index (Phi) is 3.27. The van der Waals surface area contributed by atoms with Crippen LogP contribution >= 0.6 is 0 Å². The summed E-state index contributed by atoms with van der Waals surface area (Å²) in [5, 5.41) is 8.71. The van der Waals surface area contributed by atoms with E-state index in [0.29, 0.717) is 5.56 Å². The van der Waals surface area contributed by atoms with E-state index in [1.165, 1.54) is 5.56 Å². The molecule has 2 rings (SSSR count). The standard InChI is InChI=1S/C14H15N3/c1-11(16)14-6-7-17(10-14)9-13-4-2-12(8-15)3-5-13/h2-7,10-11H,9,16H2,1H3. The fourth-order valence-electron chi connectivity index (χ4n) is 1.72. The van der Waals surface area contributed by atoms with E-state index >= 15 is 0 Å². The Morgan fingerprint density at radius 2 is 2.00 bits per heavy atom. The molecule has 2 N–H and O–H groups in total. The van der Waals surface area contributed by atoms with Gasteiger partial charge in [-0.3, -0.25) is 0 Å². The van der Waals surface area contributed by atoms with Gasteiger partial charge in [-0.1, -0.05) is 12.1 Å². The summed E-state index contributed by atoms with van der Waals surface area (Å²) in [7, 11) is 0. The van der Waals surface area contributed by atoms with Gasteiger partial charge < -0.3 is 10.3 Å². The Balaban J connectivity index is 2.11. The van der Waals surface area contributed by atoms with E-state index in [4.69, 9.17) is 11.0 Å². The highest BCUT2D eigenvalue weighted by atomic mass is 14.9. The zero-order chi connectivity index (χ0) is 12.3. The van der Waals surface area contributed by atoms with E-state index in [1.54, 1.807) is 0 Å². The molecule has 3 nitrogen and oxygen atoms in total. The average molecular weight is 225 g/mol. The molecule has 0 spiro atoms. The molecular weight excluding hydrogens is 210 g/mol. The average Bonchev–Trinajstić information content (AvgIpc) is 2.79. The van der Waals surface area contributed by atoms with Crippen molar-refractivity contribution in [3.63, 3.8) is 0 Å². The number of nitrogens with zero attached hydrogens (tertiary/aromatic N) is 2. The molecular formula is C14H15N3. The largest absolute Gasteiger partial charge is 0.350 e. The minimum absolute atomic E-state index is 0.0669. The van der Waals surface area contributed by atoms with Gasteiger partial charge in [-0.25, -0.2) is 0 Å². The molecule has 0 bridgehead atoms. The van der Waals surface area contributed by atoms with Crippen LogP contribution in [0.4, 0.5) is 0 Å². The Morgan fingerprint density at radius 3 is 2.53 bits per heavy atom. The van der Waals surface area contributed by atoms with Crippen molar-refractivity contribution in [2.24, 2.45) is 5.73 Å². The van der Waals surface area contributed by atoms with Crippen molar-refractivity contribution in [2.75, 3.05) is 0 Å². The highest BCUT2D eigenvalue weighted by Gasteiger charge is 2.02. The smallest absolute Gasteiger partial charge is 0.0991 e. The number of aromatic nitrogens is 1. The van der Waals surface area contributed by atoms with Crippen molar-refractivity contribution >= 4 is 0 Å². The molecule has 1 unspecified atom stereocenters. The van der Waals surface area contributed by atoms with Gasteiger partial charge in [0, 0.05) is 25.0 Å². The van der Waals surface area contributed by atoms with Gasteiger partial charge in [0.05, 0.1) is 11.6 Å². The summed E-state index contributed by atoms with van der Waals surface area (Å²) in [6.45, 7) is 2.78. The second kappa shape index (κ2) is 4.86. The number of rotatable bonds is 3. The van der Waals surface area contributed by atoms with Crippen molar-refractivity contribution in [3.05, 3.63) is 59.4 Å². The molecule has 0 aliphatic carbocycles. The molecule has 0 aliphatic rings. The van der Waals surface area contributed by atoms with Crippen LogP contribution in [0.25, 0.3) is 0 Å². The van der Waals surface area contributed by atoms with Crippen molar-refractivity contribution in [1.82, 2.24) is 4.57 Å². The number of nitrogens with two attached hydrogens (primary N) is 1. The first-order valence-electron chi connectivity index (χ1n) is 5.59. The summed E-state index contributed by atoms with van der Waals surface area (Å²) in [6.07, 6.45) is 4.08. The van der Waals surface area contributed by atoms with Gasteiger partial charge in [-0.2, -0.15) is 5.26 Å². The van der Waals surface area contributed by atoms with Crippen LogP contribution in [0.3, 0.4) is 0 Å². The fraction of sp³-hybridized carbons (Fsp3) is 0.214. The third kappa shape index (κ3) is 2.74. The van der Waals surface area contributed by atoms with Crippen LogP contribution in [-0.2, 0) is 6.54 Å². The van der Waals surface area contributed by atoms with E-state index in [2.05, 4.69) is 16.8 Å². The van der Waals surface area contributed by atoms with Gasteiger partial charge in [-0.15, -0.1) is 0 Å². The van der Waals surface area contributed by atoms with Crippen LogP contribution in [0.2, 0.25) is 0 Å². The molecule has 0 radical (unpaired) electrons. The zero-order valence-electron chi connectivity index (χ0n) is 9.80. The van der Waals surface area contributed by atoms with E-state index in [9.17, 15) is 0 Å². The van der Waals surface area contributed by atoms with Gasteiger partial charge in [0.2, 0.25) is 0 Å². The van der Waals surface area contributed by atoms with Crippen molar-refractivity contribution in [3.8, 4) is 6.07 Å². The van der Waals surface area contributed by atoms with Crippen molar-refractivity contribution in [1.29, 1.82) is 5.26 Å².